The Morgan fingerprint density at radius 3 is 2.33 bits per heavy atom. The zero-order valence-electron chi connectivity index (χ0n) is 17.3. The predicted octanol–water partition coefficient (Wildman–Crippen LogP) is 4.25. The molecule has 2 aliphatic rings. The molecule has 0 aromatic heterocycles. The Hall–Kier alpha value is -2.18. The SMILES string of the molecule is O=C(Nc1ccc(S(=O)(=O)C2CCCC2)cc1)C1CCCN(Cc2ccccc2)C1. The smallest absolute Gasteiger partial charge is 0.228 e. The van der Waals surface area contributed by atoms with Gasteiger partial charge in [-0.2, -0.15) is 0 Å². The maximum Gasteiger partial charge on any atom is 0.228 e. The van der Waals surface area contributed by atoms with Crippen LogP contribution in [0.4, 0.5) is 5.69 Å². The lowest BCUT2D eigenvalue weighted by Crippen LogP contribution is -2.40. The molecule has 1 aliphatic heterocycles. The van der Waals surface area contributed by atoms with Crippen LogP contribution >= 0.6 is 0 Å². The van der Waals surface area contributed by atoms with Crippen molar-refractivity contribution >= 4 is 21.4 Å². The summed E-state index contributed by atoms with van der Waals surface area (Å²) in [5.74, 6) is -0.0384. The standard InChI is InChI=1S/C24H30N2O3S/c27-24(20-9-6-16-26(18-20)17-19-7-2-1-3-8-19)25-21-12-14-23(15-13-21)30(28,29)22-10-4-5-11-22/h1-3,7-8,12-15,20,22H,4-6,9-11,16-18H2,(H,25,27). The highest BCUT2D eigenvalue weighted by molar-refractivity contribution is 7.92. The number of hydrogen-bond acceptors (Lipinski definition) is 4. The first-order chi connectivity index (χ1) is 14.5. The van der Waals surface area contributed by atoms with Crippen LogP contribution in [0.5, 0.6) is 0 Å². The van der Waals surface area contributed by atoms with Gasteiger partial charge in [0.1, 0.15) is 0 Å². The summed E-state index contributed by atoms with van der Waals surface area (Å²) in [4.78, 5) is 15.5. The highest BCUT2D eigenvalue weighted by atomic mass is 32.2. The van der Waals surface area contributed by atoms with Crippen molar-refractivity contribution in [2.45, 2.75) is 55.2 Å². The molecule has 0 bridgehead atoms. The summed E-state index contributed by atoms with van der Waals surface area (Å²) >= 11 is 0. The Bertz CT molecular complexity index is 952. The fourth-order valence-electron chi connectivity index (χ4n) is 4.62. The van der Waals surface area contributed by atoms with Gasteiger partial charge in [0.05, 0.1) is 16.1 Å². The van der Waals surface area contributed by atoms with Crippen molar-refractivity contribution in [3.63, 3.8) is 0 Å². The molecule has 1 saturated carbocycles. The molecule has 1 aliphatic carbocycles. The largest absolute Gasteiger partial charge is 0.326 e. The molecule has 30 heavy (non-hydrogen) atoms. The number of carbonyl (C=O) groups is 1. The number of hydrogen-bond donors (Lipinski definition) is 1. The molecule has 0 spiro atoms. The van der Waals surface area contributed by atoms with E-state index in [-0.39, 0.29) is 17.1 Å². The number of carbonyl (C=O) groups excluding carboxylic acids is 1. The van der Waals surface area contributed by atoms with Gasteiger partial charge in [-0.3, -0.25) is 9.69 Å². The average molecular weight is 427 g/mol. The average Bonchev–Trinajstić information content (AvgIpc) is 3.31. The number of benzene rings is 2. The third-order valence-electron chi connectivity index (χ3n) is 6.32. The van der Waals surface area contributed by atoms with Gasteiger partial charge in [-0.05, 0) is 62.1 Å². The first-order valence-corrected chi connectivity index (χ1v) is 12.5. The number of nitrogens with one attached hydrogen (secondary N) is 1. The second-order valence-corrected chi connectivity index (χ2v) is 10.8. The molecule has 2 fully saturated rings. The van der Waals surface area contributed by atoms with Crippen LogP contribution in [-0.4, -0.2) is 37.6 Å². The van der Waals surface area contributed by atoms with Crippen LogP contribution < -0.4 is 5.32 Å². The normalized spacial score (nSPS) is 20.9. The van der Waals surface area contributed by atoms with E-state index in [1.165, 1.54) is 5.56 Å². The summed E-state index contributed by atoms with van der Waals surface area (Å²) in [7, 11) is -3.26. The summed E-state index contributed by atoms with van der Waals surface area (Å²) < 4.78 is 25.4. The fourth-order valence-corrected chi connectivity index (χ4v) is 6.47. The van der Waals surface area contributed by atoms with Crippen LogP contribution in [0.3, 0.4) is 0 Å². The van der Waals surface area contributed by atoms with Gasteiger partial charge in [0.2, 0.25) is 5.91 Å². The lowest BCUT2D eigenvalue weighted by Gasteiger charge is -2.32. The van der Waals surface area contributed by atoms with E-state index in [2.05, 4.69) is 22.3 Å². The first kappa shape index (κ1) is 21.1. The molecule has 0 radical (unpaired) electrons. The molecule has 1 N–H and O–H groups in total. The molecule has 2 aromatic rings. The summed E-state index contributed by atoms with van der Waals surface area (Å²) in [5.41, 5.74) is 1.92. The highest BCUT2D eigenvalue weighted by Crippen LogP contribution is 2.30. The number of rotatable bonds is 6. The van der Waals surface area contributed by atoms with Crippen LogP contribution in [0.1, 0.15) is 44.1 Å². The number of piperidine rings is 1. The van der Waals surface area contributed by atoms with Crippen molar-refractivity contribution in [1.29, 1.82) is 0 Å². The van der Waals surface area contributed by atoms with Gasteiger partial charge in [-0.15, -0.1) is 0 Å². The molecule has 1 atom stereocenters. The second-order valence-electron chi connectivity index (χ2n) is 8.52. The number of amides is 1. The van der Waals surface area contributed by atoms with Crippen LogP contribution in [0.15, 0.2) is 59.5 Å². The van der Waals surface area contributed by atoms with Crippen molar-refractivity contribution in [3.05, 3.63) is 60.2 Å². The summed E-state index contributed by atoms with van der Waals surface area (Å²) in [5, 5.41) is 2.73. The minimum absolute atomic E-state index is 0.0131. The van der Waals surface area contributed by atoms with Gasteiger partial charge < -0.3 is 5.32 Å². The van der Waals surface area contributed by atoms with Gasteiger partial charge in [0, 0.05) is 18.8 Å². The quantitative estimate of drug-likeness (QED) is 0.750. The Balaban J connectivity index is 1.35. The van der Waals surface area contributed by atoms with E-state index >= 15 is 0 Å². The summed E-state index contributed by atoms with van der Waals surface area (Å²) in [6.07, 6.45) is 5.36. The van der Waals surface area contributed by atoms with Crippen LogP contribution in [-0.2, 0) is 21.2 Å². The number of sulfone groups is 1. The van der Waals surface area contributed by atoms with Gasteiger partial charge in [-0.25, -0.2) is 8.42 Å². The van der Waals surface area contributed by atoms with E-state index in [9.17, 15) is 13.2 Å². The van der Waals surface area contributed by atoms with Crippen molar-refractivity contribution in [2.24, 2.45) is 5.92 Å². The maximum atomic E-state index is 12.8. The molecular weight excluding hydrogens is 396 g/mol. The minimum Gasteiger partial charge on any atom is -0.326 e. The number of nitrogens with zero attached hydrogens (tertiary/aromatic N) is 1. The summed E-state index contributed by atoms with van der Waals surface area (Å²) in [6, 6.07) is 17.0. The monoisotopic (exact) mass is 426 g/mol. The van der Waals surface area contributed by atoms with E-state index < -0.39 is 9.84 Å². The molecule has 160 valence electrons. The van der Waals surface area contributed by atoms with Gasteiger partial charge in [-0.1, -0.05) is 43.2 Å². The Labute approximate surface area is 179 Å². The summed E-state index contributed by atoms with van der Waals surface area (Å²) in [6.45, 7) is 2.61. The minimum atomic E-state index is -3.26. The zero-order chi connectivity index (χ0) is 21.0. The third-order valence-corrected chi connectivity index (χ3v) is 8.60. The lowest BCUT2D eigenvalue weighted by molar-refractivity contribution is -0.121. The van der Waals surface area contributed by atoms with Crippen molar-refractivity contribution in [3.8, 4) is 0 Å². The molecule has 5 nitrogen and oxygen atoms in total. The van der Waals surface area contributed by atoms with Crippen molar-refractivity contribution in [1.82, 2.24) is 4.90 Å². The molecular formula is C24H30N2O3S. The van der Waals surface area contributed by atoms with Crippen LogP contribution in [0, 0.1) is 5.92 Å². The van der Waals surface area contributed by atoms with E-state index in [0.29, 0.717) is 10.6 Å². The maximum absolute atomic E-state index is 12.8. The molecule has 1 amide bonds. The zero-order valence-corrected chi connectivity index (χ0v) is 18.1. The van der Waals surface area contributed by atoms with E-state index in [4.69, 9.17) is 0 Å². The van der Waals surface area contributed by atoms with Crippen LogP contribution in [0.2, 0.25) is 0 Å². The predicted molar refractivity (Wildman–Crippen MR) is 119 cm³/mol. The van der Waals surface area contributed by atoms with E-state index in [0.717, 1.165) is 58.2 Å². The van der Waals surface area contributed by atoms with E-state index in [1.807, 2.05) is 18.2 Å². The number of likely N-dealkylation sites (tertiary alicyclic amines) is 1. The molecule has 1 heterocycles. The first-order valence-electron chi connectivity index (χ1n) is 10.9. The molecule has 4 rings (SSSR count). The Morgan fingerprint density at radius 2 is 1.63 bits per heavy atom. The van der Waals surface area contributed by atoms with Crippen molar-refractivity contribution in [2.75, 3.05) is 18.4 Å². The van der Waals surface area contributed by atoms with Gasteiger partial charge in [0.25, 0.3) is 0 Å². The third kappa shape index (κ3) is 4.93. The molecule has 1 unspecified atom stereocenters. The molecule has 6 heteroatoms. The highest BCUT2D eigenvalue weighted by Gasteiger charge is 2.30. The lowest BCUT2D eigenvalue weighted by atomic mass is 9.96. The fraction of sp³-hybridized carbons (Fsp3) is 0.458. The topological polar surface area (TPSA) is 66.5 Å². The van der Waals surface area contributed by atoms with Gasteiger partial charge >= 0.3 is 0 Å². The molecule has 1 saturated heterocycles. The second kappa shape index (κ2) is 9.31. The van der Waals surface area contributed by atoms with Crippen LogP contribution in [0.25, 0.3) is 0 Å². The van der Waals surface area contributed by atoms with Gasteiger partial charge in [0.15, 0.2) is 9.84 Å². The molecule has 2 aromatic carbocycles. The Kier molecular flexibility index (Phi) is 6.54. The Morgan fingerprint density at radius 1 is 0.933 bits per heavy atom. The number of anilines is 1. The van der Waals surface area contributed by atoms with Crippen molar-refractivity contribution < 1.29 is 13.2 Å². The van der Waals surface area contributed by atoms with E-state index in [1.54, 1.807) is 24.3 Å².